The van der Waals surface area contributed by atoms with Crippen LogP contribution in [0.3, 0.4) is 0 Å². The fourth-order valence-electron chi connectivity index (χ4n) is 3.92. The molecule has 152 valence electrons. The molecule has 0 saturated heterocycles. The van der Waals surface area contributed by atoms with Crippen molar-refractivity contribution in [2.24, 2.45) is 0 Å². The Morgan fingerprint density at radius 1 is 1.06 bits per heavy atom. The van der Waals surface area contributed by atoms with Crippen molar-refractivity contribution in [3.63, 3.8) is 0 Å². The number of hydrogen-bond acceptors (Lipinski definition) is 6. The maximum atomic E-state index is 13.1. The Morgan fingerprint density at radius 2 is 1.90 bits per heavy atom. The third kappa shape index (κ3) is 2.74. The van der Waals surface area contributed by atoms with Crippen LogP contribution in [0, 0.1) is 13.8 Å². The molecule has 2 aromatic carbocycles. The highest BCUT2D eigenvalue weighted by Crippen LogP contribution is 2.28. The molecule has 0 spiro atoms. The van der Waals surface area contributed by atoms with Gasteiger partial charge in [0.2, 0.25) is 0 Å². The minimum atomic E-state index is -0.293. The number of hydrogen-bond donors (Lipinski definition) is 0. The molecule has 31 heavy (non-hydrogen) atoms. The van der Waals surface area contributed by atoms with Gasteiger partial charge in [0.25, 0.3) is 5.56 Å². The van der Waals surface area contributed by atoms with E-state index in [9.17, 15) is 9.59 Å². The maximum absolute atomic E-state index is 13.1. The Labute approximate surface area is 180 Å². The first-order chi connectivity index (χ1) is 15.0. The average Bonchev–Trinajstić information content (AvgIpc) is 3.50. The number of imidazole rings is 1. The molecule has 7 heteroatoms. The van der Waals surface area contributed by atoms with Crippen LogP contribution in [-0.4, -0.2) is 15.4 Å². The number of cyclic esters (lactones) is 1. The summed E-state index contributed by atoms with van der Waals surface area (Å²) < 4.78 is 13.3. The van der Waals surface area contributed by atoms with Crippen molar-refractivity contribution in [1.82, 2.24) is 9.38 Å². The van der Waals surface area contributed by atoms with Crippen LogP contribution in [0.5, 0.6) is 0 Å². The van der Waals surface area contributed by atoms with E-state index in [1.165, 1.54) is 11.3 Å². The van der Waals surface area contributed by atoms with Crippen LogP contribution in [0.2, 0.25) is 0 Å². The molecule has 5 aromatic rings. The van der Waals surface area contributed by atoms with Gasteiger partial charge in [0.15, 0.2) is 4.96 Å². The molecule has 6 rings (SSSR count). The number of carbonyl (C=O) groups excluding carboxylic acids is 1. The number of benzene rings is 2. The van der Waals surface area contributed by atoms with Gasteiger partial charge in [-0.25, -0.2) is 14.2 Å². The van der Waals surface area contributed by atoms with Crippen LogP contribution in [-0.2, 0) is 11.3 Å². The summed E-state index contributed by atoms with van der Waals surface area (Å²) >= 11 is 1.35. The molecular weight excluding hydrogens is 412 g/mol. The van der Waals surface area contributed by atoms with Crippen molar-refractivity contribution in [2.75, 3.05) is 0 Å². The first-order valence-corrected chi connectivity index (χ1v) is 10.6. The molecule has 1 aliphatic heterocycles. The normalized spacial score (nSPS) is 14.0. The zero-order valence-corrected chi connectivity index (χ0v) is 17.6. The SMILES string of the molecule is Cc1cc2nc3s/c(=C/c4ccc(-c5ccc6c(c5)COC6=O)o4)c(=O)n3c2cc1C. The number of rotatable bonds is 2. The smallest absolute Gasteiger partial charge is 0.338 e. The Morgan fingerprint density at radius 3 is 2.77 bits per heavy atom. The summed E-state index contributed by atoms with van der Waals surface area (Å²) in [5.41, 5.74) is 6.15. The molecule has 0 radical (unpaired) electrons. The van der Waals surface area contributed by atoms with Crippen LogP contribution in [0.1, 0.15) is 32.8 Å². The van der Waals surface area contributed by atoms with Crippen LogP contribution >= 0.6 is 11.3 Å². The highest BCUT2D eigenvalue weighted by Gasteiger charge is 2.21. The van der Waals surface area contributed by atoms with E-state index in [1.807, 2.05) is 50.2 Å². The monoisotopic (exact) mass is 428 g/mol. The summed E-state index contributed by atoms with van der Waals surface area (Å²) in [5.74, 6) is 0.957. The molecule has 4 heterocycles. The quantitative estimate of drug-likeness (QED) is 0.397. The van der Waals surface area contributed by atoms with Gasteiger partial charge in [-0.05, 0) is 61.4 Å². The molecule has 3 aromatic heterocycles. The molecular formula is C24H16N2O4S. The van der Waals surface area contributed by atoms with E-state index >= 15 is 0 Å². The van der Waals surface area contributed by atoms with E-state index < -0.39 is 0 Å². The maximum Gasteiger partial charge on any atom is 0.338 e. The number of esters is 1. The third-order valence-corrected chi connectivity index (χ3v) is 6.69. The molecule has 0 saturated carbocycles. The van der Waals surface area contributed by atoms with E-state index in [-0.39, 0.29) is 18.1 Å². The van der Waals surface area contributed by atoms with E-state index in [2.05, 4.69) is 4.98 Å². The fourth-order valence-corrected chi connectivity index (χ4v) is 4.89. The number of thiazole rings is 1. The minimum Gasteiger partial charge on any atom is -0.457 e. The third-order valence-electron chi connectivity index (χ3n) is 5.72. The molecule has 0 fully saturated rings. The molecule has 6 nitrogen and oxygen atoms in total. The van der Waals surface area contributed by atoms with Crippen molar-refractivity contribution in [2.45, 2.75) is 20.5 Å². The zero-order valence-electron chi connectivity index (χ0n) is 16.8. The van der Waals surface area contributed by atoms with Gasteiger partial charge < -0.3 is 9.15 Å². The number of fused-ring (bicyclic) bond motifs is 4. The van der Waals surface area contributed by atoms with Crippen molar-refractivity contribution < 1.29 is 13.9 Å². The lowest BCUT2D eigenvalue weighted by Crippen LogP contribution is -2.22. The van der Waals surface area contributed by atoms with Crippen LogP contribution in [0.25, 0.3) is 33.4 Å². The summed E-state index contributed by atoms with van der Waals surface area (Å²) in [6.45, 7) is 4.35. The molecule has 0 aliphatic carbocycles. The van der Waals surface area contributed by atoms with Crippen molar-refractivity contribution >= 4 is 39.4 Å². The lowest BCUT2D eigenvalue weighted by atomic mass is 10.0. The van der Waals surface area contributed by atoms with Gasteiger partial charge >= 0.3 is 5.97 Å². The van der Waals surface area contributed by atoms with Crippen LogP contribution in [0.15, 0.2) is 51.7 Å². The second kappa shape index (κ2) is 6.39. The summed E-state index contributed by atoms with van der Waals surface area (Å²) in [7, 11) is 0. The van der Waals surface area contributed by atoms with E-state index in [0.29, 0.717) is 26.6 Å². The molecule has 0 N–H and O–H groups in total. The summed E-state index contributed by atoms with van der Waals surface area (Å²) in [5, 5.41) is 0. The highest BCUT2D eigenvalue weighted by atomic mass is 32.1. The number of furan rings is 1. The predicted octanol–water partition coefficient (Wildman–Crippen LogP) is 4.00. The van der Waals surface area contributed by atoms with Crippen molar-refractivity contribution in [1.29, 1.82) is 0 Å². The average molecular weight is 428 g/mol. The number of aromatic nitrogens is 2. The molecule has 0 amide bonds. The molecule has 0 atom stereocenters. The van der Waals surface area contributed by atoms with Gasteiger partial charge in [-0.2, -0.15) is 0 Å². The molecule has 0 bridgehead atoms. The van der Waals surface area contributed by atoms with E-state index in [1.54, 1.807) is 16.5 Å². The summed E-state index contributed by atoms with van der Waals surface area (Å²) in [6, 6.07) is 13.2. The first kappa shape index (κ1) is 18.1. The van der Waals surface area contributed by atoms with Crippen molar-refractivity contribution in [3.05, 3.63) is 85.4 Å². The topological polar surface area (TPSA) is 73.8 Å². The Hall–Kier alpha value is -3.71. The molecule has 1 aliphatic rings. The number of ether oxygens (including phenoxy) is 1. The first-order valence-electron chi connectivity index (χ1n) is 9.82. The highest BCUT2D eigenvalue weighted by molar-refractivity contribution is 7.15. The number of carbonyl (C=O) groups is 1. The fraction of sp³-hybridized carbons (Fsp3) is 0.125. The lowest BCUT2D eigenvalue weighted by Gasteiger charge is -1.99. The Kier molecular flexibility index (Phi) is 3.73. The van der Waals surface area contributed by atoms with Gasteiger partial charge in [-0.15, -0.1) is 0 Å². The van der Waals surface area contributed by atoms with E-state index in [0.717, 1.165) is 33.3 Å². The lowest BCUT2D eigenvalue weighted by molar-refractivity contribution is 0.0535. The van der Waals surface area contributed by atoms with Gasteiger partial charge in [-0.3, -0.25) is 4.79 Å². The molecule has 0 unspecified atom stereocenters. The minimum absolute atomic E-state index is 0.100. The van der Waals surface area contributed by atoms with Crippen LogP contribution < -0.4 is 10.1 Å². The van der Waals surface area contributed by atoms with Crippen molar-refractivity contribution in [3.8, 4) is 11.3 Å². The zero-order chi connectivity index (χ0) is 21.3. The predicted molar refractivity (Wildman–Crippen MR) is 118 cm³/mol. The van der Waals surface area contributed by atoms with Gasteiger partial charge in [0, 0.05) is 17.2 Å². The number of aryl methyl sites for hydroxylation is 2. The van der Waals surface area contributed by atoms with Gasteiger partial charge in [-0.1, -0.05) is 17.4 Å². The van der Waals surface area contributed by atoms with Crippen LogP contribution in [0.4, 0.5) is 0 Å². The second-order valence-electron chi connectivity index (χ2n) is 7.72. The summed E-state index contributed by atoms with van der Waals surface area (Å²) in [6.07, 6.45) is 1.75. The summed E-state index contributed by atoms with van der Waals surface area (Å²) in [4.78, 5) is 30.0. The van der Waals surface area contributed by atoms with E-state index in [4.69, 9.17) is 9.15 Å². The standard InChI is InChI=1S/C24H16N2O4S/c1-12-7-18-19(8-13(12)2)26-22(27)21(31-24(26)25-18)10-16-4-6-20(30-16)14-3-5-17-15(9-14)11-29-23(17)28/h3-10H,11H2,1-2H3/b21-10+. The largest absolute Gasteiger partial charge is 0.457 e. The van der Waals surface area contributed by atoms with Gasteiger partial charge in [0.05, 0.1) is 16.6 Å². The Balaban J connectivity index is 1.43. The Bertz CT molecular complexity index is 1650. The second-order valence-corrected chi connectivity index (χ2v) is 8.73. The van der Waals surface area contributed by atoms with Gasteiger partial charge in [0.1, 0.15) is 22.7 Å². The number of nitrogens with zero attached hydrogens (tertiary/aromatic N) is 2.